The maximum absolute atomic E-state index is 14.2. The van der Waals surface area contributed by atoms with E-state index in [-0.39, 0.29) is 34.4 Å². The van der Waals surface area contributed by atoms with E-state index in [1.807, 2.05) is 19.9 Å². The number of rotatable bonds is 2. The van der Waals surface area contributed by atoms with E-state index >= 15 is 0 Å². The highest BCUT2D eigenvalue weighted by molar-refractivity contribution is 6.04. The van der Waals surface area contributed by atoms with Gasteiger partial charge < -0.3 is 5.32 Å². The number of carbonyl (C=O) groups excluding carboxylic acids is 3. The number of amides is 1. The summed E-state index contributed by atoms with van der Waals surface area (Å²) in [4.78, 5) is 40.8. The fourth-order valence-corrected chi connectivity index (χ4v) is 9.21. The van der Waals surface area contributed by atoms with Crippen molar-refractivity contribution in [2.24, 2.45) is 44.3 Å². The van der Waals surface area contributed by atoms with E-state index in [2.05, 4.69) is 46.0 Å². The lowest BCUT2D eigenvalue weighted by atomic mass is 9.38. The van der Waals surface area contributed by atoms with E-state index in [4.69, 9.17) is 0 Å². The van der Waals surface area contributed by atoms with Gasteiger partial charge in [0.2, 0.25) is 5.91 Å². The molecule has 6 atom stereocenters. The van der Waals surface area contributed by atoms with Crippen LogP contribution in [0.5, 0.6) is 0 Å². The van der Waals surface area contributed by atoms with Gasteiger partial charge in [-0.15, -0.1) is 0 Å². The Balaban J connectivity index is 1.83. The summed E-state index contributed by atoms with van der Waals surface area (Å²) < 4.78 is 39.2. The van der Waals surface area contributed by atoms with Crippen LogP contribution < -0.4 is 5.32 Å². The summed E-state index contributed by atoms with van der Waals surface area (Å²) in [6.45, 7) is 14.8. The number of nitrogens with one attached hydrogen (secondary N) is 1. The first-order valence-corrected chi connectivity index (χ1v) is 15.4. The van der Waals surface area contributed by atoms with Crippen molar-refractivity contribution >= 4 is 17.5 Å². The summed E-state index contributed by atoms with van der Waals surface area (Å²) in [7, 11) is 0. The van der Waals surface area contributed by atoms with Crippen LogP contribution in [0.4, 0.5) is 13.2 Å². The third kappa shape index (κ3) is 5.07. The zero-order valence-electron chi connectivity index (χ0n) is 26.5. The van der Waals surface area contributed by atoms with E-state index in [0.717, 1.165) is 24.8 Å². The number of alkyl halides is 3. The van der Waals surface area contributed by atoms with Crippen molar-refractivity contribution in [3.05, 3.63) is 23.3 Å². The molecule has 1 unspecified atom stereocenters. The van der Waals surface area contributed by atoms with E-state index in [1.54, 1.807) is 13.0 Å². The first kappa shape index (κ1) is 32.5. The molecule has 0 aliphatic heterocycles. The van der Waals surface area contributed by atoms with Crippen molar-refractivity contribution in [1.29, 1.82) is 5.26 Å². The summed E-state index contributed by atoms with van der Waals surface area (Å²) in [6.07, 6.45) is 4.04. The third-order valence-corrected chi connectivity index (χ3v) is 12.4. The molecular formula is C34H47F3N2O3. The Morgan fingerprint density at radius 2 is 1.57 bits per heavy atom. The molecule has 0 aromatic heterocycles. The summed E-state index contributed by atoms with van der Waals surface area (Å²) in [5, 5.41) is 12.1. The third-order valence-electron chi connectivity index (χ3n) is 12.4. The minimum Gasteiger partial charge on any atom is -0.347 e. The minimum atomic E-state index is -4.50. The number of carbonyl (C=O) groups is 3. The van der Waals surface area contributed by atoms with Crippen molar-refractivity contribution in [3.8, 4) is 6.07 Å². The smallest absolute Gasteiger partial charge is 0.347 e. The molecule has 0 spiro atoms. The molecule has 2 saturated carbocycles. The zero-order valence-corrected chi connectivity index (χ0v) is 26.5. The predicted molar refractivity (Wildman–Crippen MR) is 155 cm³/mol. The van der Waals surface area contributed by atoms with E-state index in [1.165, 1.54) is 0 Å². The van der Waals surface area contributed by atoms with Crippen LogP contribution in [0.3, 0.4) is 0 Å². The van der Waals surface area contributed by atoms with Gasteiger partial charge in [-0.05, 0) is 79.6 Å². The van der Waals surface area contributed by atoms with Crippen LogP contribution in [0, 0.1) is 55.7 Å². The summed E-state index contributed by atoms with van der Waals surface area (Å²) >= 11 is 0. The Kier molecular flexibility index (Phi) is 7.78. The van der Waals surface area contributed by atoms with Crippen molar-refractivity contribution < 1.29 is 27.6 Å². The van der Waals surface area contributed by atoms with Crippen molar-refractivity contribution in [2.45, 2.75) is 113 Å². The highest BCUT2D eigenvalue weighted by atomic mass is 19.4. The Morgan fingerprint density at radius 3 is 2.17 bits per heavy atom. The van der Waals surface area contributed by atoms with Gasteiger partial charge in [0.15, 0.2) is 11.6 Å². The van der Waals surface area contributed by atoms with Crippen LogP contribution in [0.1, 0.15) is 107 Å². The number of hydrogen-bond donors (Lipinski definition) is 1. The molecule has 2 fully saturated rings. The molecule has 0 heterocycles. The molecule has 4 rings (SSSR count). The number of allylic oxidation sites excluding steroid dienone is 4. The second-order valence-corrected chi connectivity index (χ2v) is 15.9. The van der Waals surface area contributed by atoms with Crippen LogP contribution in [0.25, 0.3) is 0 Å². The molecule has 0 aromatic rings. The SMILES string of the molecule is CC1(C)CCC2C(=O)C=C3[C@@]4(C)C=C(C#N)C(=O)C(C)(C)[C@@H]4CC[C@@]3(C)[C@]2(C)CC[C@@](C)(C(=O)NCC(F)(F)F)CC1. The molecule has 4 aliphatic rings. The number of halogens is 3. The van der Waals surface area contributed by atoms with Gasteiger partial charge in [0.25, 0.3) is 0 Å². The largest absolute Gasteiger partial charge is 0.405 e. The Labute approximate surface area is 248 Å². The lowest BCUT2D eigenvalue weighted by Crippen LogP contribution is -2.60. The van der Waals surface area contributed by atoms with Gasteiger partial charge in [-0.3, -0.25) is 14.4 Å². The fourth-order valence-electron chi connectivity index (χ4n) is 9.21. The normalized spacial score (nSPS) is 39.9. The van der Waals surface area contributed by atoms with Gasteiger partial charge >= 0.3 is 6.18 Å². The maximum atomic E-state index is 14.2. The van der Waals surface area contributed by atoms with Gasteiger partial charge in [0.1, 0.15) is 12.6 Å². The lowest BCUT2D eigenvalue weighted by Gasteiger charge is -2.65. The van der Waals surface area contributed by atoms with E-state index in [0.29, 0.717) is 32.1 Å². The molecule has 0 bridgehead atoms. The maximum Gasteiger partial charge on any atom is 0.405 e. The van der Waals surface area contributed by atoms with Crippen molar-refractivity contribution in [2.75, 3.05) is 6.54 Å². The van der Waals surface area contributed by atoms with Crippen molar-refractivity contribution in [3.63, 3.8) is 0 Å². The highest BCUT2D eigenvalue weighted by Crippen LogP contribution is 2.70. The molecule has 42 heavy (non-hydrogen) atoms. The van der Waals surface area contributed by atoms with Crippen LogP contribution >= 0.6 is 0 Å². The van der Waals surface area contributed by atoms with Gasteiger partial charge in [-0.2, -0.15) is 18.4 Å². The van der Waals surface area contributed by atoms with Crippen molar-refractivity contribution in [1.82, 2.24) is 5.32 Å². The second-order valence-electron chi connectivity index (χ2n) is 15.9. The monoisotopic (exact) mass is 588 g/mol. The highest BCUT2D eigenvalue weighted by Gasteiger charge is 2.65. The number of Topliss-reactive ketones (excluding diaryl/α,β-unsaturated/α-hetero) is 1. The number of hydrogen-bond acceptors (Lipinski definition) is 4. The number of nitriles is 1. The predicted octanol–water partition coefficient (Wildman–Crippen LogP) is 7.66. The molecule has 1 amide bonds. The topological polar surface area (TPSA) is 87.0 Å². The average molecular weight is 589 g/mol. The molecule has 0 radical (unpaired) electrons. The first-order chi connectivity index (χ1) is 19.1. The number of ketones is 2. The van der Waals surface area contributed by atoms with Crippen LogP contribution in [0.2, 0.25) is 0 Å². The first-order valence-electron chi connectivity index (χ1n) is 15.4. The van der Waals surface area contributed by atoms with E-state index in [9.17, 15) is 32.8 Å². The Morgan fingerprint density at radius 1 is 0.952 bits per heavy atom. The zero-order chi connectivity index (χ0) is 31.7. The number of fused-ring (bicyclic) bond motifs is 5. The molecule has 0 aromatic carbocycles. The second kappa shape index (κ2) is 10.1. The fraction of sp³-hybridized carbons (Fsp3) is 0.765. The van der Waals surface area contributed by atoms with Crippen LogP contribution in [-0.4, -0.2) is 30.2 Å². The standard InChI is InChI=1S/C34H47F3N2O3/c1-28(2)11-9-22-23(40)17-25-31(6)18-21(19-38)26(41)29(3,4)24(31)10-12-33(25,8)32(22,7)16-15-30(5,14-13-28)27(42)39-20-34(35,36)37/h17-18,22,24H,9-16,20H2,1-8H3,(H,39,42)/t22?,24-,30-,31-,32+,33+/m0/s1. The quantitative estimate of drug-likeness (QED) is 0.359. The molecule has 232 valence electrons. The molecule has 1 N–H and O–H groups in total. The Hall–Kier alpha value is -2.43. The van der Waals surface area contributed by atoms with Gasteiger partial charge in [0, 0.05) is 22.2 Å². The van der Waals surface area contributed by atoms with Gasteiger partial charge in [-0.25, -0.2) is 0 Å². The molecule has 0 saturated heterocycles. The summed E-state index contributed by atoms with van der Waals surface area (Å²) in [5.41, 5.74) is -2.65. The number of nitrogens with zero attached hydrogens (tertiary/aromatic N) is 1. The average Bonchev–Trinajstić information content (AvgIpc) is 2.87. The molecule has 8 heteroatoms. The van der Waals surface area contributed by atoms with Gasteiger partial charge in [0.05, 0.1) is 5.57 Å². The van der Waals surface area contributed by atoms with Crippen LogP contribution in [0.15, 0.2) is 23.3 Å². The molecule has 5 nitrogen and oxygen atoms in total. The Bertz CT molecular complexity index is 1290. The summed E-state index contributed by atoms with van der Waals surface area (Å²) in [5.74, 6) is -1.11. The van der Waals surface area contributed by atoms with Gasteiger partial charge in [-0.1, -0.05) is 67.0 Å². The minimum absolute atomic E-state index is 0.0352. The molecular weight excluding hydrogens is 541 g/mol. The van der Waals surface area contributed by atoms with Crippen LogP contribution in [-0.2, 0) is 14.4 Å². The lowest BCUT2D eigenvalue weighted by molar-refractivity contribution is -0.147. The molecule has 4 aliphatic carbocycles. The summed E-state index contributed by atoms with van der Waals surface area (Å²) in [6, 6.07) is 2.12. The van der Waals surface area contributed by atoms with E-state index < -0.39 is 45.7 Å².